The Morgan fingerprint density at radius 1 is 1.32 bits per heavy atom. The minimum absolute atomic E-state index is 0.0856. The maximum atomic E-state index is 13.1. The van der Waals surface area contributed by atoms with Gasteiger partial charge in [-0.1, -0.05) is 12.1 Å². The van der Waals surface area contributed by atoms with Gasteiger partial charge in [-0.3, -0.25) is 9.59 Å². The lowest BCUT2D eigenvalue weighted by Crippen LogP contribution is -2.52. The van der Waals surface area contributed by atoms with Crippen molar-refractivity contribution in [1.29, 1.82) is 0 Å². The van der Waals surface area contributed by atoms with E-state index in [-0.39, 0.29) is 29.0 Å². The number of hydrogen-bond acceptors (Lipinski definition) is 5. The lowest BCUT2D eigenvalue weighted by molar-refractivity contribution is -0.126. The Labute approximate surface area is 184 Å². The summed E-state index contributed by atoms with van der Waals surface area (Å²) in [5.41, 5.74) is 2.47. The van der Waals surface area contributed by atoms with Crippen LogP contribution in [0.25, 0.3) is 0 Å². The Balaban J connectivity index is 1.40. The third kappa shape index (κ3) is 4.95. The number of thioether (sulfide) groups is 1. The maximum absolute atomic E-state index is 13.1. The average Bonchev–Trinajstić information content (AvgIpc) is 3.10. The van der Waals surface area contributed by atoms with Crippen molar-refractivity contribution < 1.29 is 23.5 Å². The lowest BCUT2D eigenvalue weighted by Gasteiger charge is -2.28. The number of benzene rings is 2. The average molecular weight is 445 g/mol. The van der Waals surface area contributed by atoms with E-state index < -0.39 is 6.04 Å². The van der Waals surface area contributed by atoms with Crippen LogP contribution in [-0.2, 0) is 22.4 Å². The Hall–Kier alpha value is -2.74. The second kappa shape index (κ2) is 9.18. The summed E-state index contributed by atoms with van der Waals surface area (Å²) in [5.74, 6) is 0.985. The van der Waals surface area contributed by atoms with Crippen LogP contribution in [0.2, 0.25) is 0 Å². The molecule has 0 aromatic heterocycles. The molecule has 2 aromatic rings. The summed E-state index contributed by atoms with van der Waals surface area (Å²) in [6.45, 7) is 4.35. The molecule has 2 heterocycles. The maximum Gasteiger partial charge on any atom is 0.247 e. The van der Waals surface area contributed by atoms with Crippen LogP contribution in [0.15, 0.2) is 36.4 Å². The highest BCUT2D eigenvalue weighted by Crippen LogP contribution is 2.38. The van der Waals surface area contributed by atoms with Gasteiger partial charge >= 0.3 is 0 Å². The van der Waals surface area contributed by atoms with E-state index >= 15 is 0 Å². The first-order valence-electron chi connectivity index (χ1n) is 10.4. The van der Waals surface area contributed by atoms with Crippen LogP contribution < -0.4 is 20.1 Å². The fourth-order valence-electron chi connectivity index (χ4n) is 3.75. The third-order valence-electron chi connectivity index (χ3n) is 5.28. The highest BCUT2D eigenvalue weighted by atomic mass is 32.2. The molecule has 6 nitrogen and oxygen atoms in total. The fourth-order valence-corrected chi connectivity index (χ4v) is 4.94. The van der Waals surface area contributed by atoms with Crippen molar-refractivity contribution in [3.8, 4) is 11.5 Å². The molecule has 4 rings (SSSR count). The fraction of sp³-hybridized carbons (Fsp3) is 0.391. The number of ether oxygens (including phenoxy) is 2. The Morgan fingerprint density at radius 3 is 2.81 bits per heavy atom. The van der Waals surface area contributed by atoms with Crippen LogP contribution in [0, 0.1) is 5.82 Å². The number of fused-ring (bicyclic) bond motifs is 1. The topological polar surface area (TPSA) is 76.7 Å². The Kier molecular flexibility index (Phi) is 6.36. The van der Waals surface area contributed by atoms with Crippen molar-refractivity contribution in [1.82, 2.24) is 5.32 Å². The Bertz CT molecular complexity index is 982. The van der Waals surface area contributed by atoms with Gasteiger partial charge in [0.15, 0.2) is 0 Å². The summed E-state index contributed by atoms with van der Waals surface area (Å²) < 4.78 is 24.6. The predicted molar refractivity (Wildman–Crippen MR) is 118 cm³/mol. The minimum Gasteiger partial charge on any atom is -0.492 e. The van der Waals surface area contributed by atoms with Crippen molar-refractivity contribution in [2.75, 3.05) is 17.7 Å². The molecule has 0 bridgehead atoms. The standard InChI is InChI=1S/C23H25FN2O4S/c1-3-29-20-10-15-8-13(2)30-19(15)11-17(20)25-22(27)18-12-31-21(23(28)26-18)9-14-4-6-16(24)7-5-14/h4-7,10-11,13,18,21H,3,8-9,12H2,1-2H3,(H,25,27)(H,26,28)/t13-,18+,21-/m1/s1. The normalized spacial score (nSPS) is 22.3. The molecular formula is C23H25FN2O4S. The molecule has 2 amide bonds. The molecule has 8 heteroatoms. The SMILES string of the molecule is CCOc1cc2c(cc1NC(=O)[C@@H]1CS[C@H](Cc3ccc(F)cc3)C(=O)N1)O[C@H](C)C2. The number of rotatable bonds is 6. The van der Waals surface area contributed by atoms with Crippen LogP contribution in [-0.4, -0.2) is 41.6 Å². The molecular weight excluding hydrogens is 419 g/mol. The molecule has 1 fully saturated rings. The molecule has 31 heavy (non-hydrogen) atoms. The van der Waals surface area contributed by atoms with E-state index in [2.05, 4.69) is 10.6 Å². The smallest absolute Gasteiger partial charge is 0.247 e. The molecule has 2 aliphatic heterocycles. The summed E-state index contributed by atoms with van der Waals surface area (Å²) >= 11 is 1.43. The highest BCUT2D eigenvalue weighted by molar-refractivity contribution is 8.00. The molecule has 164 valence electrons. The van der Waals surface area contributed by atoms with Gasteiger partial charge < -0.3 is 20.1 Å². The van der Waals surface area contributed by atoms with Gasteiger partial charge in [-0.15, -0.1) is 11.8 Å². The Morgan fingerprint density at radius 2 is 2.10 bits per heavy atom. The molecule has 2 aliphatic rings. The van der Waals surface area contributed by atoms with E-state index in [1.54, 1.807) is 18.2 Å². The second-order valence-electron chi connectivity index (χ2n) is 7.72. The van der Waals surface area contributed by atoms with Gasteiger partial charge in [0, 0.05) is 23.8 Å². The number of amides is 2. The summed E-state index contributed by atoms with van der Waals surface area (Å²) in [7, 11) is 0. The van der Waals surface area contributed by atoms with Gasteiger partial charge in [0.1, 0.15) is 29.5 Å². The first-order valence-corrected chi connectivity index (χ1v) is 11.4. The quantitative estimate of drug-likeness (QED) is 0.715. The van der Waals surface area contributed by atoms with Crippen molar-refractivity contribution in [2.24, 2.45) is 0 Å². The van der Waals surface area contributed by atoms with Gasteiger partial charge in [-0.2, -0.15) is 0 Å². The van der Waals surface area contributed by atoms with Gasteiger partial charge in [0.2, 0.25) is 11.8 Å². The van der Waals surface area contributed by atoms with E-state index in [0.29, 0.717) is 30.2 Å². The van der Waals surface area contributed by atoms with Crippen LogP contribution in [0.5, 0.6) is 11.5 Å². The number of nitrogens with one attached hydrogen (secondary N) is 2. The van der Waals surface area contributed by atoms with Crippen molar-refractivity contribution in [3.05, 3.63) is 53.3 Å². The number of anilines is 1. The van der Waals surface area contributed by atoms with E-state index in [1.165, 1.54) is 23.9 Å². The largest absolute Gasteiger partial charge is 0.492 e. The molecule has 2 aromatic carbocycles. The predicted octanol–water partition coefficient (Wildman–Crippen LogP) is 3.33. The summed E-state index contributed by atoms with van der Waals surface area (Å²) in [6.07, 6.45) is 1.37. The summed E-state index contributed by atoms with van der Waals surface area (Å²) in [4.78, 5) is 25.4. The van der Waals surface area contributed by atoms with E-state index in [0.717, 1.165) is 23.3 Å². The van der Waals surface area contributed by atoms with Crippen molar-refractivity contribution in [3.63, 3.8) is 0 Å². The lowest BCUT2D eigenvalue weighted by atomic mass is 10.1. The third-order valence-corrected chi connectivity index (χ3v) is 6.59. The van der Waals surface area contributed by atoms with Crippen LogP contribution in [0.3, 0.4) is 0 Å². The molecule has 0 aliphatic carbocycles. The van der Waals surface area contributed by atoms with Crippen LogP contribution >= 0.6 is 11.8 Å². The van der Waals surface area contributed by atoms with Gasteiger partial charge in [0.05, 0.1) is 17.5 Å². The van der Waals surface area contributed by atoms with Crippen LogP contribution in [0.4, 0.5) is 10.1 Å². The number of carbonyl (C=O) groups excluding carboxylic acids is 2. The second-order valence-corrected chi connectivity index (χ2v) is 8.96. The molecule has 0 radical (unpaired) electrons. The monoisotopic (exact) mass is 444 g/mol. The number of hydrogen-bond donors (Lipinski definition) is 2. The van der Waals surface area contributed by atoms with Crippen LogP contribution in [0.1, 0.15) is 25.0 Å². The molecule has 3 atom stereocenters. The highest BCUT2D eigenvalue weighted by Gasteiger charge is 2.33. The zero-order valence-corrected chi connectivity index (χ0v) is 18.3. The van der Waals surface area contributed by atoms with Gasteiger partial charge in [0.25, 0.3) is 0 Å². The molecule has 0 saturated carbocycles. The van der Waals surface area contributed by atoms with E-state index in [9.17, 15) is 14.0 Å². The zero-order chi connectivity index (χ0) is 22.0. The first kappa shape index (κ1) is 21.5. The van der Waals surface area contributed by atoms with E-state index in [4.69, 9.17) is 9.47 Å². The van der Waals surface area contributed by atoms with Gasteiger partial charge in [-0.25, -0.2) is 4.39 Å². The molecule has 1 saturated heterocycles. The summed E-state index contributed by atoms with van der Waals surface area (Å²) in [5, 5.41) is 5.38. The zero-order valence-electron chi connectivity index (χ0n) is 17.4. The van der Waals surface area contributed by atoms with E-state index in [1.807, 2.05) is 19.9 Å². The first-order chi connectivity index (χ1) is 14.9. The van der Waals surface area contributed by atoms with Crippen molar-refractivity contribution >= 4 is 29.3 Å². The number of halogens is 1. The number of carbonyl (C=O) groups is 2. The van der Waals surface area contributed by atoms with Crippen molar-refractivity contribution in [2.45, 2.75) is 44.1 Å². The molecule has 2 N–H and O–H groups in total. The summed E-state index contributed by atoms with van der Waals surface area (Å²) in [6, 6.07) is 9.16. The molecule has 0 unspecified atom stereocenters. The minimum atomic E-state index is -0.649. The van der Waals surface area contributed by atoms with Gasteiger partial charge in [-0.05, 0) is 44.0 Å². The molecule has 0 spiro atoms.